The van der Waals surface area contributed by atoms with Gasteiger partial charge in [0.2, 0.25) is 5.88 Å². The van der Waals surface area contributed by atoms with Gasteiger partial charge in [-0.15, -0.1) is 0 Å². The first-order chi connectivity index (χ1) is 13.6. The minimum Gasteiger partial charge on any atom is -0.480 e. The number of pyridine rings is 1. The molecule has 0 spiro atoms. The molecule has 7 nitrogen and oxygen atoms in total. The number of piperidine rings is 1. The van der Waals surface area contributed by atoms with E-state index < -0.39 is 0 Å². The molecule has 0 atom stereocenters. The lowest BCUT2D eigenvalue weighted by atomic mass is 9.93. The molecule has 2 aliphatic rings. The maximum absolute atomic E-state index is 13.1. The summed E-state index contributed by atoms with van der Waals surface area (Å²) in [7, 11) is 1.57. The molecule has 1 aliphatic carbocycles. The average Bonchev–Trinajstić information content (AvgIpc) is 3.19. The molecule has 1 N–H and O–H groups in total. The summed E-state index contributed by atoms with van der Waals surface area (Å²) < 4.78 is 5.40. The van der Waals surface area contributed by atoms with Crippen molar-refractivity contribution in [2.75, 3.05) is 20.2 Å². The Labute approximate surface area is 164 Å². The number of nitrogens with zero attached hydrogens (tertiary/aromatic N) is 3. The van der Waals surface area contributed by atoms with Crippen molar-refractivity contribution >= 4 is 5.91 Å². The Balaban J connectivity index is 1.49. The molecular weight excluding hydrogens is 356 g/mol. The van der Waals surface area contributed by atoms with Crippen LogP contribution in [0.15, 0.2) is 16.9 Å². The van der Waals surface area contributed by atoms with Crippen LogP contribution < -0.4 is 10.3 Å². The topological polar surface area (TPSA) is 88.2 Å². The van der Waals surface area contributed by atoms with Crippen molar-refractivity contribution in [1.29, 1.82) is 0 Å². The van der Waals surface area contributed by atoms with Gasteiger partial charge in [-0.3, -0.25) is 9.59 Å². The van der Waals surface area contributed by atoms with Crippen molar-refractivity contribution < 1.29 is 9.53 Å². The van der Waals surface area contributed by atoms with E-state index in [1.807, 2.05) is 17.9 Å². The molecule has 1 fully saturated rings. The maximum Gasteiger partial charge on any atom is 0.259 e. The third kappa shape index (κ3) is 3.53. The summed E-state index contributed by atoms with van der Waals surface area (Å²) in [6.07, 6.45) is 5.30. The largest absolute Gasteiger partial charge is 0.480 e. The SMILES string of the molecule is CCc1nc(C2CCN(C(=O)c3cc4c(nc3OC)CCC4)CC2)cc(=O)[nH]1. The van der Waals surface area contributed by atoms with Gasteiger partial charge >= 0.3 is 0 Å². The number of amides is 1. The van der Waals surface area contributed by atoms with Crippen LogP contribution in [0, 0.1) is 0 Å². The van der Waals surface area contributed by atoms with Crippen molar-refractivity contribution in [3.8, 4) is 5.88 Å². The Hall–Kier alpha value is -2.70. The zero-order valence-corrected chi connectivity index (χ0v) is 16.5. The number of nitrogens with one attached hydrogen (secondary N) is 1. The summed E-state index contributed by atoms with van der Waals surface area (Å²) in [6.45, 7) is 3.25. The van der Waals surface area contributed by atoms with Crippen LogP contribution in [-0.2, 0) is 19.3 Å². The Kier molecular flexibility index (Phi) is 5.15. The fraction of sp³-hybridized carbons (Fsp3) is 0.524. The van der Waals surface area contributed by atoms with E-state index in [0.717, 1.165) is 49.3 Å². The van der Waals surface area contributed by atoms with Gasteiger partial charge in [0, 0.05) is 37.2 Å². The third-order valence-corrected chi connectivity index (χ3v) is 5.79. The van der Waals surface area contributed by atoms with E-state index in [0.29, 0.717) is 31.0 Å². The molecular formula is C21H26N4O3. The van der Waals surface area contributed by atoms with E-state index in [4.69, 9.17) is 4.74 Å². The van der Waals surface area contributed by atoms with Crippen molar-refractivity contribution in [3.63, 3.8) is 0 Å². The number of rotatable bonds is 4. The molecule has 0 radical (unpaired) electrons. The second-order valence-electron chi connectivity index (χ2n) is 7.54. The van der Waals surface area contributed by atoms with Crippen LogP contribution in [0.4, 0.5) is 0 Å². The highest BCUT2D eigenvalue weighted by Crippen LogP contribution is 2.30. The Morgan fingerprint density at radius 2 is 2.04 bits per heavy atom. The summed E-state index contributed by atoms with van der Waals surface area (Å²) >= 11 is 0. The number of fused-ring (bicyclic) bond motifs is 1. The van der Waals surface area contributed by atoms with Gasteiger partial charge in [-0.25, -0.2) is 9.97 Å². The number of aryl methyl sites for hydroxylation is 3. The Morgan fingerprint density at radius 3 is 2.75 bits per heavy atom. The molecule has 1 saturated heterocycles. The molecule has 3 heterocycles. The van der Waals surface area contributed by atoms with E-state index in [9.17, 15) is 9.59 Å². The summed E-state index contributed by atoms with van der Waals surface area (Å²) in [5, 5.41) is 0. The zero-order chi connectivity index (χ0) is 19.7. The number of methoxy groups -OCH3 is 1. The minimum atomic E-state index is -0.102. The maximum atomic E-state index is 13.1. The van der Waals surface area contributed by atoms with Gasteiger partial charge in [0.25, 0.3) is 11.5 Å². The van der Waals surface area contributed by atoms with E-state index in [2.05, 4.69) is 15.0 Å². The number of aromatic nitrogens is 3. The number of likely N-dealkylation sites (tertiary alicyclic amines) is 1. The highest BCUT2D eigenvalue weighted by atomic mass is 16.5. The van der Waals surface area contributed by atoms with Crippen molar-refractivity contribution in [2.45, 2.75) is 51.4 Å². The van der Waals surface area contributed by atoms with Gasteiger partial charge in [0.05, 0.1) is 12.8 Å². The zero-order valence-electron chi connectivity index (χ0n) is 16.5. The van der Waals surface area contributed by atoms with Crippen LogP contribution >= 0.6 is 0 Å². The molecule has 28 heavy (non-hydrogen) atoms. The van der Waals surface area contributed by atoms with Crippen LogP contribution in [0.2, 0.25) is 0 Å². The molecule has 4 rings (SSSR count). The molecule has 2 aromatic rings. The lowest BCUT2D eigenvalue weighted by molar-refractivity contribution is 0.0707. The molecule has 1 amide bonds. The fourth-order valence-electron chi connectivity index (χ4n) is 4.22. The van der Waals surface area contributed by atoms with Crippen molar-refractivity contribution in [1.82, 2.24) is 19.9 Å². The van der Waals surface area contributed by atoms with Gasteiger partial charge in [-0.2, -0.15) is 0 Å². The summed E-state index contributed by atoms with van der Waals surface area (Å²) in [4.78, 5) is 38.7. The molecule has 148 valence electrons. The summed E-state index contributed by atoms with van der Waals surface area (Å²) in [5.41, 5.74) is 3.51. The fourth-order valence-corrected chi connectivity index (χ4v) is 4.22. The van der Waals surface area contributed by atoms with Crippen LogP contribution in [0.3, 0.4) is 0 Å². The lowest BCUT2D eigenvalue weighted by Gasteiger charge is -2.32. The van der Waals surface area contributed by atoms with Gasteiger partial charge < -0.3 is 14.6 Å². The molecule has 7 heteroatoms. The Bertz CT molecular complexity index is 945. The Morgan fingerprint density at radius 1 is 1.25 bits per heavy atom. The molecule has 0 unspecified atom stereocenters. The standard InChI is InChI=1S/C21H26N4O3/c1-3-18-22-17(12-19(26)24-18)13-7-9-25(10-8-13)21(27)15-11-14-5-4-6-16(14)23-20(15)28-2/h11-13H,3-10H2,1-2H3,(H,22,24,26). The van der Waals surface area contributed by atoms with E-state index in [-0.39, 0.29) is 17.4 Å². The van der Waals surface area contributed by atoms with Crippen LogP contribution in [0.25, 0.3) is 0 Å². The molecule has 0 bridgehead atoms. The van der Waals surface area contributed by atoms with E-state index in [1.54, 1.807) is 13.2 Å². The summed E-state index contributed by atoms with van der Waals surface area (Å²) in [6, 6.07) is 3.56. The van der Waals surface area contributed by atoms with Crippen molar-refractivity contribution in [2.24, 2.45) is 0 Å². The van der Waals surface area contributed by atoms with Crippen LogP contribution in [0.5, 0.6) is 5.88 Å². The molecule has 0 aromatic carbocycles. The van der Waals surface area contributed by atoms with Crippen molar-refractivity contribution in [3.05, 3.63) is 50.8 Å². The first-order valence-electron chi connectivity index (χ1n) is 10.0. The number of hydrogen-bond donors (Lipinski definition) is 1. The van der Waals surface area contributed by atoms with Crippen LogP contribution in [-0.4, -0.2) is 46.0 Å². The monoisotopic (exact) mass is 382 g/mol. The number of carbonyl (C=O) groups excluding carboxylic acids is 1. The third-order valence-electron chi connectivity index (χ3n) is 5.79. The number of carbonyl (C=O) groups is 1. The number of hydrogen-bond acceptors (Lipinski definition) is 5. The second-order valence-corrected chi connectivity index (χ2v) is 7.54. The predicted octanol–water partition coefficient (Wildman–Crippen LogP) is 2.24. The number of H-pyrrole nitrogens is 1. The molecule has 2 aromatic heterocycles. The molecule has 0 saturated carbocycles. The number of aromatic amines is 1. The first kappa shape index (κ1) is 18.7. The van der Waals surface area contributed by atoms with Gasteiger partial charge in [-0.05, 0) is 43.7 Å². The van der Waals surface area contributed by atoms with Gasteiger partial charge in [-0.1, -0.05) is 6.92 Å². The molecule has 1 aliphatic heterocycles. The average molecular weight is 382 g/mol. The van der Waals surface area contributed by atoms with Crippen LogP contribution in [0.1, 0.15) is 65.2 Å². The van der Waals surface area contributed by atoms with Gasteiger partial charge in [0.15, 0.2) is 0 Å². The normalized spacial score (nSPS) is 16.9. The highest BCUT2D eigenvalue weighted by Gasteiger charge is 2.29. The minimum absolute atomic E-state index is 0.0226. The highest BCUT2D eigenvalue weighted by molar-refractivity contribution is 5.96. The van der Waals surface area contributed by atoms with Gasteiger partial charge in [0.1, 0.15) is 11.4 Å². The summed E-state index contributed by atoms with van der Waals surface area (Å²) in [5.74, 6) is 1.33. The first-order valence-corrected chi connectivity index (χ1v) is 10.0. The predicted molar refractivity (Wildman–Crippen MR) is 105 cm³/mol. The second kappa shape index (κ2) is 7.73. The van der Waals surface area contributed by atoms with E-state index >= 15 is 0 Å². The quantitative estimate of drug-likeness (QED) is 0.876. The smallest absolute Gasteiger partial charge is 0.259 e. The number of ether oxygens (including phenoxy) is 1. The lowest BCUT2D eigenvalue weighted by Crippen LogP contribution is -2.38. The van der Waals surface area contributed by atoms with E-state index in [1.165, 1.54) is 5.56 Å².